The molecular weight excluding hydrogens is 669 g/mol. The smallest absolute Gasteiger partial charge is 0.243 e. The Hall–Kier alpha value is -5.06. The van der Waals surface area contributed by atoms with Gasteiger partial charge in [-0.05, 0) is 85.8 Å². The predicted octanol–water partition coefficient (Wildman–Crippen LogP) is 6.40. The minimum Gasteiger partial charge on any atom is -0.341 e. The van der Waals surface area contributed by atoms with Gasteiger partial charge in [-0.15, -0.1) is 0 Å². The molecule has 2 aliphatic heterocycles. The molecular formula is C38H34N6O4S2. The van der Waals surface area contributed by atoms with Crippen LogP contribution in [0.4, 0.5) is 0 Å². The van der Waals surface area contributed by atoms with E-state index < -0.39 is 20.0 Å². The lowest BCUT2D eigenvalue weighted by molar-refractivity contribution is 0.385. The number of aromatic amines is 2. The van der Waals surface area contributed by atoms with Gasteiger partial charge >= 0.3 is 0 Å². The van der Waals surface area contributed by atoms with Crippen LogP contribution in [-0.2, 0) is 20.0 Å². The minimum absolute atomic E-state index is 0.287. The van der Waals surface area contributed by atoms with Crippen molar-refractivity contribution in [3.8, 4) is 23.1 Å². The van der Waals surface area contributed by atoms with Crippen molar-refractivity contribution in [2.24, 2.45) is 0 Å². The largest absolute Gasteiger partial charge is 0.341 e. The molecule has 2 N–H and O–H groups in total. The number of nitrogens with one attached hydrogen (secondary N) is 2. The highest BCUT2D eigenvalue weighted by atomic mass is 32.2. The first-order valence-electron chi connectivity index (χ1n) is 16.6. The lowest BCUT2D eigenvalue weighted by atomic mass is 10.1. The number of sulfonamides is 2. The summed E-state index contributed by atoms with van der Waals surface area (Å²) in [5.74, 6) is 7.73. The van der Waals surface area contributed by atoms with E-state index in [2.05, 4.69) is 26.8 Å². The topological polar surface area (TPSA) is 132 Å². The Bertz CT molecular complexity index is 2450. The summed E-state index contributed by atoms with van der Waals surface area (Å²) in [6.07, 6.45) is 4.69. The predicted molar refractivity (Wildman–Crippen MR) is 191 cm³/mol. The maximum Gasteiger partial charge on any atom is 0.243 e. The Morgan fingerprint density at radius 1 is 0.640 bits per heavy atom. The van der Waals surface area contributed by atoms with Gasteiger partial charge < -0.3 is 9.97 Å². The Kier molecular flexibility index (Phi) is 8.36. The Balaban J connectivity index is 0.969. The number of imidazole rings is 2. The number of hydrogen-bond donors (Lipinski definition) is 2. The standard InChI is InChI=1S/C38H34N6O4S2/c45-49(46,30-9-3-1-4-10-30)43-23-7-13-35(43)37-39-26-34(42-37)29-20-17-27(18-21-29)15-16-28-19-22-32-33(25-28)41-38(40-32)36-14-8-24-44(36)50(47,48)31-11-5-2-6-12-31/h1-6,9-12,17-22,25-26,35-36H,7-8,13-14,23-24H2,(H,39,42)(H,40,41). The van der Waals surface area contributed by atoms with Crippen molar-refractivity contribution in [3.05, 3.63) is 132 Å². The molecule has 0 saturated carbocycles. The van der Waals surface area contributed by atoms with Crippen LogP contribution in [0.5, 0.6) is 0 Å². The second-order valence-corrected chi connectivity index (χ2v) is 16.3. The van der Waals surface area contributed by atoms with Crippen LogP contribution in [0.1, 0.15) is 60.5 Å². The highest BCUT2D eigenvalue weighted by molar-refractivity contribution is 7.89. The summed E-state index contributed by atoms with van der Waals surface area (Å²) < 4.78 is 56.6. The zero-order valence-corrected chi connectivity index (χ0v) is 28.7. The minimum atomic E-state index is -3.64. The van der Waals surface area contributed by atoms with Gasteiger partial charge in [0.05, 0.1) is 44.8 Å². The SMILES string of the molecule is O=S(=O)(c1ccccc1)N1CCCC1c1ncc(-c2ccc(C#Cc3ccc4nc(C5CCCN5S(=O)(=O)c5ccccc5)[nH]c4c3)cc2)[nH]1. The van der Waals surface area contributed by atoms with E-state index in [0.717, 1.165) is 46.3 Å². The lowest BCUT2D eigenvalue weighted by Crippen LogP contribution is -2.31. The van der Waals surface area contributed by atoms with E-state index >= 15 is 0 Å². The molecule has 12 heteroatoms. The average Bonchev–Trinajstić information content (AvgIpc) is 3.98. The fourth-order valence-corrected chi connectivity index (χ4v) is 10.2. The first kappa shape index (κ1) is 32.2. The molecule has 2 fully saturated rings. The van der Waals surface area contributed by atoms with Gasteiger partial charge in [-0.2, -0.15) is 8.61 Å². The van der Waals surface area contributed by atoms with Gasteiger partial charge in [0.15, 0.2) is 0 Å². The van der Waals surface area contributed by atoms with Gasteiger partial charge in [0, 0.05) is 24.2 Å². The highest BCUT2D eigenvalue weighted by Crippen LogP contribution is 2.37. The molecule has 252 valence electrons. The van der Waals surface area contributed by atoms with Crippen molar-refractivity contribution >= 4 is 31.1 Å². The van der Waals surface area contributed by atoms with Crippen LogP contribution < -0.4 is 0 Å². The van der Waals surface area contributed by atoms with Crippen LogP contribution >= 0.6 is 0 Å². The molecule has 6 aromatic rings. The monoisotopic (exact) mass is 702 g/mol. The highest BCUT2D eigenvalue weighted by Gasteiger charge is 2.39. The Morgan fingerprint density at radius 2 is 1.20 bits per heavy atom. The molecule has 2 aromatic heterocycles. The van der Waals surface area contributed by atoms with Crippen LogP contribution in [0, 0.1) is 11.8 Å². The summed E-state index contributed by atoms with van der Waals surface area (Å²) >= 11 is 0. The summed E-state index contributed by atoms with van der Waals surface area (Å²) in [6.45, 7) is 0.909. The Morgan fingerprint density at radius 3 is 1.82 bits per heavy atom. The van der Waals surface area contributed by atoms with Crippen LogP contribution in [0.25, 0.3) is 22.3 Å². The fraction of sp³-hybridized carbons (Fsp3) is 0.211. The molecule has 0 spiro atoms. The van der Waals surface area contributed by atoms with Crippen LogP contribution in [0.15, 0.2) is 119 Å². The summed E-state index contributed by atoms with van der Waals surface area (Å²) in [6, 6.07) is 29.9. The van der Waals surface area contributed by atoms with Crippen molar-refractivity contribution in [3.63, 3.8) is 0 Å². The normalized spacial score (nSPS) is 18.7. The average molecular weight is 703 g/mol. The van der Waals surface area contributed by atoms with E-state index in [1.165, 1.54) is 0 Å². The summed E-state index contributed by atoms with van der Waals surface area (Å²) in [5, 5.41) is 0. The molecule has 2 unspecified atom stereocenters. The first-order valence-corrected chi connectivity index (χ1v) is 19.5. The van der Waals surface area contributed by atoms with E-state index in [9.17, 15) is 16.8 Å². The molecule has 4 heterocycles. The summed E-state index contributed by atoms with van der Waals surface area (Å²) in [4.78, 5) is 16.6. The number of rotatable bonds is 7. The molecule has 2 atom stereocenters. The number of fused-ring (bicyclic) bond motifs is 1. The van der Waals surface area contributed by atoms with E-state index in [1.54, 1.807) is 69.4 Å². The third-order valence-corrected chi connectivity index (χ3v) is 13.2. The van der Waals surface area contributed by atoms with Gasteiger partial charge in [-0.25, -0.2) is 26.8 Å². The third kappa shape index (κ3) is 6.03. The number of nitrogens with zero attached hydrogens (tertiary/aromatic N) is 4. The van der Waals surface area contributed by atoms with Crippen LogP contribution in [0.2, 0.25) is 0 Å². The quantitative estimate of drug-likeness (QED) is 0.185. The van der Waals surface area contributed by atoms with E-state index in [4.69, 9.17) is 4.98 Å². The van der Waals surface area contributed by atoms with E-state index in [-0.39, 0.29) is 21.9 Å². The van der Waals surface area contributed by atoms with Gasteiger partial charge in [0.1, 0.15) is 11.6 Å². The first-order chi connectivity index (χ1) is 24.3. The summed E-state index contributed by atoms with van der Waals surface area (Å²) in [7, 11) is -7.27. The molecule has 0 radical (unpaired) electrons. The molecule has 2 aliphatic rings. The molecule has 10 nitrogen and oxygen atoms in total. The van der Waals surface area contributed by atoms with Gasteiger partial charge in [0.2, 0.25) is 20.0 Å². The molecule has 50 heavy (non-hydrogen) atoms. The summed E-state index contributed by atoms with van der Waals surface area (Å²) in [5.41, 5.74) is 4.94. The second-order valence-electron chi connectivity index (χ2n) is 12.5. The zero-order valence-electron chi connectivity index (χ0n) is 27.0. The van der Waals surface area contributed by atoms with Crippen molar-refractivity contribution in [1.29, 1.82) is 0 Å². The fourth-order valence-electron chi connectivity index (χ4n) is 6.85. The number of hydrogen-bond acceptors (Lipinski definition) is 6. The van der Waals surface area contributed by atoms with Crippen LogP contribution in [0.3, 0.4) is 0 Å². The Labute approximate surface area is 291 Å². The maximum atomic E-state index is 13.4. The molecule has 2 saturated heterocycles. The molecule has 0 bridgehead atoms. The van der Waals surface area contributed by atoms with Crippen molar-refractivity contribution in [2.45, 2.75) is 47.6 Å². The zero-order chi connectivity index (χ0) is 34.3. The number of H-pyrrole nitrogens is 2. The van der Waals surface area contributed by atoms with Crippen molar-refractivity contribution in [2.75, 3.05) is 13.1 Å². The van der Waals surface area contributed by atoms with Gasteiger partial charge in [-0.1, -0.05) is 60.4 Å². The van der Waals surface area contributed by atoms with Crippen LogP contribution in [-0.4, -0.2) is 58.5 Å². The lowest BCUT2D eigenvalue weighted by Gasteiger charge is -2.22. The third-order valence-electron chi connectivity index (χ3n) is 9.38. The second kappa shape index (κ2) is 13.0. The number of aromatic nitrogens is 4. The van der Waals surface area contributed by atoms with E-state index in [0.29, 0.717) is 37.6 Å². The van der Waals surface area contributed by atoms with Crippen molar-refractivity contribution in [1.82, 2.24) is 28.5 Å². The molecule has 0 amide bonds. The molecule has 4 aromatic carbocycles. The maximum absolute atomic E-state index is 13.4. The van der Waals surface area contributed by atoms with Gasteiger partial charge in [-0.3, -0.25) is 0 Å². The molecule has 0 aliphatic carbocycles. The molecule has 8 rings (SSSR count). The number of benzene rings is 4. The van der Waals surface area contributed by atoms with E-state index in [1.807, 2.05) is 48.5 Å². The van der Waals surface area contributed by atoms with Crippen molar-refractivity contribution < 1.29 is 16.8 Å². The van der Waals surface area contributed by atoms with Gasteiger partial charge in [0.25, 0.3) is 0 Å².